The molecule has 7 nitrogen and oxygen atoms in total. The van der Waals surface area contributed by atoms with Gasteiger partial charge in [-0.3, -0.25) is 15.0 Å². The van der Waals surface area contributed by atoms with Crippen LogP contribution in [0, 0.1) is 13.8 Å². The van der Waals surface area contributed by atoms with Crippen LogP contribution in [-0.4, -0.2) is 50.8 Å². The highest BCUT2D eigenvalue weighted by molar-refractivity contribution is 5.62. The SMILES string of the molecule is C=O.Cc1ccc(-n2nc(N3CCC(F)CC3)cc2-c2cnc(C)cn2)cn1. The molecule has 1 aliphatic rings. The molecule has 3 aromatic heterocycles. The second kappa shape index (κ2) is 8.69. The van der Waals surface area contributed by atoms with E-state index in [2.05, 4.69) is 19.9 Å². The van der Waals surface area contributed by atoms with E-state index in [1.165, 1.54) is 0 Å². The molecule has 0 unspecified atom stereocenters. The molecule has 146 valence electrons. The molecule has 0 spiro atoms. The molecule has 1 aliphatic heterocycles. The summed E-state index contributed by atoms with van der Waals surface area (Å²) in [6.45, 7) is 7.20. The van der Waals surface area contributed by atoms with Gasteiger partial charge in [0.15, 0.2) is 5.82 Å². The lowest BCUT2D eigenvalue weighted by atomic mass is 10.1. The van der Waals surface area contributed by atoms with Gasteiger partial charge in [-0.25, -0.2) is 9.07 Å². The zero-order valence-corrected chi connectivity index (χ0v) is 16.0. The largest absolute Gasteiger partial charge is 0.355 e. The van der Waals surface area contributed by atoms with Crippen LogP contribution in [0.2, 0.25) is 0 Å². The zero-order valence-electron chi connectivity index (χ0n) is 16.0. The van der Waals surface area contributed by atoms with E-state index in [0.29, 0.717) is 25.9 Å². The average Bonchev–Trinajstić information content (AvgIpc) is 3.16. The van der Waals surface area contributed by atoms with Gasteiger partial charge in [0.05, 0.1) is 29.5 Å². The molecule has 0 radical (unpaired) electrons. The molecule has 8 heteroatoms. The van der Waals surface area contributed by atoms with E-state index in [1.807, 2.05) is 43.5 Å². The van der Waals surface area contributed by atoms with Crippen molar-refractivity contribution in [1.29, 1.82) is 0 Å². The first-order valence-electron chi connectivity index (χ1n) is 9.10. The number of rotatable bonds is 3. The second-order valence-corrected chi connectivity index (χ2v) is 6.66. The lowest BCUT2D eigenvalue weighted by molar-refractivity contribution is -0.0979. The van der Waals surface area contributed by atoms with Crippen LogP contribution < -0.4 is 4.90 Å². The van der Waals surface area contributed by atoms with Gasteiger partial charge in [0, 0.05) is 31.0 Å². The van der Waals surface area contributed by atoms with Crippen LogP contribution in [0.1, 0.15) is 24.2 Å². The molecular weight excluding hydrogens is 359 g/mol. The van der Waals surface area contributed by atoms with E-state index in [9.17, 15) is 4.39 Å². The first-order valence-corrected chi connectivity index (χ1v) is 9.10. The van der Waals surface area contributed by atoms with E-state index in [4.69, 9.17) is 9.89 Å². The van der Waals surface area contributed by atoms with E-state index in [0.717, 1.165) is 34.3 Å². The molecule has 4 rings (SSSR count). The number of carbonyl (C=O) groups excluding carboxylic acids is 1. The Morgan fingerprint density at radius 2 is 1.71 bits per heavy atom. The summed E-state index contributed by atoms with van der Waals surface area (Å²) in [5.74, 6) is 0.829. The van der Waals surface area contributed by atoms with Gasteiger partial charge in [-0.05, 0) is 38.8 Å². The summed E-state index contributed by atoms with van der Waals surface area (Å²) in [6.07, 6.45) is 5.66. The molecule has 1 fully saturated rings. The van der Waals surface area contributed by atoms with Crippen molar-refractivity contribution in [3.63, 3.8) is 0 Å². The molecular formula is C20H23FN6O. The smallest absolute Gasteiger partial charge is 0.151 e. The summed E-state index contributed by atoms with van der Waals surface area (Å²) in [4.78, 5) is 23.4. The predicted octanol–water partition coefficient (Wildman–Crippen LogP) is 3.09. The highest BCUT2D eigenvalue weighted by Crippen LogP contribution is 2.28. The Hall–Kier alpha value is -3.16. The highest BCUT2D eigenvalue weighted by atomic mass is 19.1. The van der Waals surface area contributed by atoms with E-state index in [-0.39, 0.29) is 0 Å². The molecule has 0 amide bonds. The molecule has 0 N–H and O–H groups in total. The summed E-state index contributed by atoms with van der Waals surface area (Å²) in [7, 11) is 0. The van der Waals surface area contributed by atoms with Crippen molar-refractivity contribution >= 4 is 12.6 Å². The molecule has 0 aromatic carbocycles. The van der Waals surface area contributed by atoms with Crippen molar-refractivity contribution < 1.29 is 9.18 Å². The maximum atomic E-state index is 13.5. The van der Waals surface area contributed by atoms with Gasteiger partial charge in [-0.15, -0.1) is 5.10 Å². The Kier molecular flexibility index (Phi) is 6.08. The predicted molar refractivity (Wildman–Crippen MR) is 105 cm³/mol. The molecule has 0 bridgehead atoms. The third-order valence-corrected chi connectivity index (χ3v) is 4.63. The lowest BCUT2D eigenvalue weighted by Crippen LogP contribution is -2.34. The third kappa shape index (κ3) is 4.21. The van der Waals surface area contributed by atoms with Crippen LogP contribution in [0.4, 0.5) is 10.2 Å². The zero-order chi connectivity index (χ0) is 20.1. The topological polar surface area (TPSA) is 76.8 Å². The Morgan fingerprint density at radius 3 is 2.32 bits per heavy atom. The van der Waals surface area contributed by atoms with Crippen LogP contribution in [0.15, 0.2) is 36.8 Å². The Balaban J connectivity index is 0.00000109. The van der Waals surface area contributed by atoms with E-state index < -0.39 is 6.17 Å². The van der Waals surface area contributed by atoms with Gasteiger partial charge in [-0.2, -0.15) is 0 Å². The Morgan fingerprint density at radius 1 is 1.00 bits per heavy atom. The van der Waals surface area contributed by atoms with Crippen LogP contribution in [0.5, 0.6) is 0 Å². The molecule has 28 heavy (non-hydrogen) atoms. The molecule has 0 aliphatic carbocycles. The standard InChI is InChI=1S/C19H21FN6.CH2O/c1-13-3-4-16(11-21-13)26-18(17-12-22-14(2)10-23-17)9-19(24-26)25-7-5-15(20)6-8-25;1-2/h3-4,9-12,15H,5-8H2,1-2H3;1H2. The van der Waals surface area contributed by atoms with Crippen molar-refractivity contribution in [2.75, 3.05) is 18.0 Å². The first kappa shape index (κ1) is 19.6. The second-order valence-electron chi connectivity index (χ2n) is 6.66. The number of aromatic nitrogens is 5. The number of alkyl halides is 1. The van der Waals surface area contributed by atoms with Gasteiger partial charge in [0.1, 0.15) is 18.7 Å². The summed E-state index contributed by atoms with van der Waals surface area (Å²) in [6, 6.07) is 5.94. The molecule has 3 aromatic rings. The quantitative estimate of drug-likeness (QED) is 0.693. The Bertz CT molecular complexity index is 838. The average molecular weight is 382 g/mol. The van der Waals surface area contributed by atoms with Crippen molar-refractivity contribution in [3.8, 4) is 17.1 Å². The monoisotopic (exact) mass is 382 g/mol. The molecule has 1 saturated heterocycles. The third-order valence-electron chi connectivity index (χ3n) is 4.63. The number of piperidine rings is 1. The van der Waals surface area contributed by atoms with Crippen LogP contribution in [0.3, 0.4) is 0 Å². The van der Waals surface area contributed by atoms with Gasteiger partial charge in [-0.1, -0.05) is 0 Å². The van der Waals surface area contributed by atoms with Crippen molar-refractivity contribution in [1.82, 2.24) is 24.7 Å². The van der Waals surface area contributed by atoms with Crippen molar-refractivity contribution in [2.45, 2.75) is 32.9 Å². The van der Waals surface area contributed by atoms with Crippen molar-refractivity contribution in [3.05, 3.63) is 48.2 Å². The molecule has 0 atom stereocenters. The maximum absolute atomic E-state index is 13.5. The van der Waals surface area contributed by atoms with Gasteiger partial charge in [0.2, 0.25) is 0 Å². The molecule has 0 saturated carbocycles. The number of anilines is 1. The minimum Gasteiger partial charge on any atom is -0.355 e. The molecule has 4 heterocycles. The van der Waals surface area contributed by atoms with E-state index >= 15 is 0 Å². The summed E-state index contributed by atoms with van der Waals surface area (Å²) < 4.78 is 15.3. The fourth-order valence-corrected chi connectivity index (χ4v) is 3.09. The van der Waals surface area contributed by atoms with Crippen LogP contribution in [-0.2, 0) is 4.79 Å². The van der Waals surface area contributed by atoms with Crippen molar-refractivity contribution in [2.24, 2.45) is 0 Å². The Labute approximate surface area is 163 Å². The highest BCUT2D eigenvalue weighted by Gasteiger charge is 2.22. The first-order chi connectivity index (χ1) is 13.6. The minimum absolute atomic E-state index is 0.540. The fourth-order valence-electron chi connectivity index (χ4n) is 3.09. The maximum Gasteiger partial charge on any atom is 0.151 e. The summed E-state index contributed by atoms with van der Waals surface area (Å²) >= 11 is 0. The van der Waals surface area contributed by atoms with Crippen LogP contribution >= 0.6 is 0 Å². The number of halogens is 1. The normalized spacial score (nSPS) is 14.5. The van der Waals surface area contributed by atoms with Crippen LogP contribution in [0.25, 0.3) is 17.1 Å². The summed E-state index contributed by atoms with van der Waals surface area (Å²) in [5, 5.41) is 4.77. The number of aryl methyl sites for hydroxylation is 2. The fraction of sp³-hybridized carbons (Fsp3) is 0.350. The van der Waals surface area contributed by atoms with E-state index in [1.54, 1.807) is 18.6 Å². The minimum atomic E-state index is -0.711. The number of hydrogen-bond donors (Lipinski definition) is 0. The van der Waals surface area contributed by atoms with Gasteiger partial charge >= 0.3 is 0 Å². The number of pyridine rings is 1. The van der Waals surface area contributed by atoms with Gasteiger partial charge < -0.3 is 9.69 Å². The summed E-state index contributed by atoms with van der Waals surface area (Å²) in [5.41, 5.74) is 4.26. The van der Waals surface area contributed by atoms with Gasteiger partial charge in [0.25, 0.3) is 0 Å². The number of carbonyl (C=O) groups is 1. The lowest BCUT2D eigenvalue weighted by Gasteiger charge is -2.28. The number of nitrogens with zero attached hydrogens (tertiary/aromatic N) is 6. The number of hydrogen-bond acceptors (Lipinski definition) is 6.